The number of para-hydroxylation sites is 1. The van der Waals surface area contributed by atoms with Crippen LogP contribution >= 0.6 is 0 Å². The monoisotopic (exact) mass is 361 g/mol. The number of hydrogen-bond donors (Lipinski definition) is 1. The number of carbonyl (C=O) groups is 1. The van der Waals surface area contributed by atoms with E-state index in [0.717, 1.165) is 0 Å². The second-order valence-corrected chi connectivity index (χ2v) is 7.59. The van der Waals surface area contributed by atoms with E-state index in [1.54, 1.807) is 25.3 Å². The molecule has 0 aliphatic heterocycles. The van der Waals surface area contributed by atoms with Crippen molar-refractivity contribution >= 4 is 5.91 Å². The molecule has 26 heavy (non-hydrogen) atoms. The van der Waals surface area contributed by atoms with Crippen LogP contribution in [0.5, 0.6) is 5.75 Å². The van der Waals surface area contributed by atoms with E-state index in [-0.39, 0.29) is 11.3 Å². The number of nitrogens with zero attached hydrogens (tertiary/aromatic N) is 2. The van der Waals surface area contributed by atoms with Crippen LogP contribution in [0, 0.1) is 0 Å². The van der Waals surface area contributed by atoms with Gasteiger partial charge in [0.25, 0.3) is 5.91 Å². The molecule has 7 heteroatoms. The maximum absolute atomic E-state index is 12.8. The molecule has 7 nitrogen and oxygen atoms in total. The molecule has 0 bridgehead atoms. The molecule has 0 saturated carbocycles. The minimum Gasteiger partial charge on any atom is -0.490 e. The number of benzene rings is 1. The van der Waals surface area contributed by atoms with Gasteiger partial charge in [-0.05, 0) is 26.0 Å². The molecule has 0 fully saturated rings. The van der Waals surface area contributed by atoms with Crippen molar-refractivity contribution in [3.8, 4) is 5.75 Å². The van der Waals surface area contributed by atoms with Crippen molar-refractivity contribution in [1.82, 2.24) is 15.5 Å². The standard InChI is InChI=1S/C19H27N3O4/c1-18(2,3)17-20-16(22-26-17)19(4,5)21-15(23)13-9-7-8-10-14(13)25-12-11-24-6/h7-10H,11-12H2,1-6H3,(H,21,23). The smallest absolute Gasteiger partial charge is 0.255 e. The fourth-order valence-corrected chi connectivity index (χ4v) is 2.20. The van der Waals surface area contributed by atoms with E-state index in [0.29, 0.717) is 36.2 Å². The second kappa shape index (κ2) is 7.86. The van der Waals surface area contributed by atoms with Crippen molar-refractivity contribution in [2.45, 2.75) is 45.6 Å². The Balaban J connectivity index is 2.17. The Morgan fingerprint density at radius 3 is 2.46 bits per heavy atom. The highest BCUT2D eigenvalue weighted by Gasteiger charge is 2.32. The van der Waals surface area contributed by atoms with Crippen LogP contribution in [-0.2, 0) is 15.7 Å². The lowest BCUT2D eigenvalue weighted by Gasteiger charge is -2.23. The largest absolute Gasteiger partial charge is 0.490 e. The highest BCUT2D eigenvalue weighted by atomic mass is 16.5. The van der Waals surface area contributed by atoms with Gasteiger partial charge < -0.3 is 19.3 Å². The van der Waals surface area contributed by atoms with Gasteiger partial charge in [0.15, 0.2) is 5.82 Å². The Labute approximate surface area is 154 Å². The van der Waals surface area contributed by atoms with E-state index in [9.17, 15) is 4.79 Å². The Kier molecular flexibility index (Phi) is 6.02. The third-order valence-corrected chi connectivity index (χ3v) is 3.73. The van der Waals surface area contributed by atoms with E-state index in [1.807, 2.05) is 40.7 Å². The van der Waals surface area contributed by atoms with Gasteiger partial charge in [0.2, 0.25) is 5.89 Å². The van der Waals surface area contributed by atoms with Gasteiger partial charge in [-0.3, -0.25) is 4.79 Å². The van der Waals surface area contributed by atoms with Crippen molar-refractivity contribution in [3.63, 3.8) is 0 Å². The molecule has 1 amide bonds. The molecular weight excluding hydrogens is 334 g/mol. The summed E-state index contributed by atoms with van der Waals surface area (Å²) in [6, 6.07) is 7.07. The van der Waals surface area contributed by atoms with E-state index >= 15 is 0 Å². The third-order valence-electron chi connectivity index (χ3n) is 3.73. The molecule has 1 aromatic carbocycles. The minimum atomic E-state index is -0.802. The number of hydrogen-bond acceptors (Lipinski definition) is 6. The number of ether oxygens (including phenoxy) is 2. The average molecular weight is 361 g/mol. The van der Waals surface area contributed by atoms with Crippen LogP contribution in [0.1, 0.15) is 56.7 Å². The van der Waals surface area contributed by atoms with Gasteiger partial charge in [0.1, 0.15) is 12.4 Å². The van der Waals surface area contributed by atoms with Crippen molar-refractivity contribution in [1.29, 1.82) is 0 Å². The van der Waals surface area contributed by atoms with Gasteiger partial charge in [0, 0.05) is 12.5 Å². The molecular formula is C19H27N3O4. The van der Waals surface area contributed by atoms with E-state index in [1.165, 1.54) is 0 Å². The van der Waals surface area contributed by atoms with Gasteiger partial charge in [-0.15, -0.1) is 0 Å². The topological polar surface area (TPSA) is 86.5 Å². The van der Waals surface area contributed by atoms with Crippen LogP contribution in [-0.4, -0.2) is 36.4 Å². The summed E-state index contributed by atoms with van der Waals surface area (Å²) in [5.41, 5.74) is -0.618. The average Bonchev–Trinajstić information content (AvgIpc) is 3.06. The van der Waals surface area contributed by atoms with Crippen LogP contribution in [0.25, 0.3) is 0 Å². The van der Waals surface area contributed by atoms with Crippen molar-refractivity contribution in [2.75, 3.05) is 20.3 Å². The number of aromatic nitrogens is 2. The molecule has 0 atom stereocenters. The summed E-state index contributed by atoms with van der Waals surface area (Å²) in [7, 11) is 1.60. The van der Waals surface area contributed by atoms with Crippen LogP contribution in [0.3, 0.4) is 0 Å². The molecule has 142 valence electrons. The molecule has 1 heterocycles. The molecule has 0 aliphatic rings. The molecule has 0 saturated heterocycles. The van der Waals surface area contributed by atoms with Crippen LogP contribution in [0.2, 0.25) is 0 Å². The first-order chi connectivity index (χ1) is 12.1. The van der Waals surface area contributed by atoms with E-state index in [4.69, 9.17) is 14.0 Å². The van der Waals surface area contributed by atoms with Crippen molar-refractivity contribution in [3.05, 3.63) is 41.5 Å². The zero-order valence-corrected chi connectivity index (χ0v) is 16.3. The summed E-state index contributed by atoms with van der Waals surface area (Å²) in [6.45, 7) is 10.4. The molecule has 0 unspecified atom stereocenters. The van der Waals surface area contributed by atoms with Crippen LogP contribution in [0.4, 0.5) is 0 Å². The zero-order valence-electron chi connectivity index (χ0n) is 16.3. The number of methoxy groups -OCH3 is 1. The van der Waals surface area contributed by atoms with Gasteiger partial charge in [0.05, 0.1) is 17.7 Å². The van der Waals surface area contributed by atoms with E-state index in [2.05, 4.69) is 15.5 Å². The lowest BCUT2D eigenvalue weighted by molar-refractivity contribution is 0.0900. The normalized spacial score (nSPS) is 12.1. The number of amides is 1. The van der Waals surface area contributed by atoms with Gasteiger partial charge in [-0.2, -0.15) is 4.98 Å². The van der Waals surface area contributed by atoms with E-state index < -0.39 is 5.54 Å². The molecule has 2 rings (SSSR count). The second-order valence-electron chi connectivity index (χ2n) is 7.59. The summed E-state index contributed by atoms with van der Waals surface area (Å²) in [4.78, 5) is 17.2. The highest BCUT2D eigenvalue weighted by Crippen LogP contribution is 2.25. The summed E-state index contributed by atoms with van der Waals surface area (Å²) >= 11 is 0. The number of nitrogens with one attached hydrogen (secondary N) is 1. The van der Waals surface area contributed by atoms with Crippen molar-refractivity contribution in [2.24, 2.45) is 0 Å². The lowest BCUT2D eigenvalue weighted by atomic mass is 9.96. The van der Waals surface area contributed by atoms with Crippen LogP contribution < -0.4 is 10.1 Å². The number of rotatable bonds is 7. The van der Waals surface area contributed by atoms with Gasteiger partial charge >= 0.3 is 0 Å². The molecule has 0 aliphatic carbocycles. The fourth-order valence-electron chi connectivity index (χ4n) is 2.20. The summed E-state index contributed by atoms with van der Waals surface area (Å²) in [5.74, 6) is 1.18. The quantitative estimate of drug-likeness (QED) is 0.763. The number of carbonyl (C=O) groups excluding carboxylic acids is 1. The zero-order chi connectivity index (χ0) is 19.4. The molecule has 1 N–H and O–H groups in total. The maximum Gasteiger partial charge on any atom is 0.255 e. The van der Waals surface area contributed by atoms with Gasteiger partial charge in [-0.25, -0.2) is 0 Å². The predicted molar refractivity (Wildman–Crippen MR) is 97.3 cm³/mol. The summed E-state index contributed by atoms with van der Waals surface area (Å²) in [5, 5.41) is 6.98. The highest BCUT2D eigenvalue weighted by molar-refractivity contribution is 5.97. The first kappa shape index (κ1) is 19.9. The first-order valence-corrected chi connectivity index (χ1v) is 8.53. The Hall–Kier alpha value is -2.41. The first-order valence-electron chi connectivity index (χ1n) is 8.53. The van der Waals surface area contributed by atoms with Crippen molar-refractivity contribution < 1.29 is 18.8 Å². The third kappa shape index (κ3) is 4.82. The SMILES string of the molecule is COCCOc1ccccc1C(=O)NC(C)(C)c1noc(C(C)(C)C)n1. The van der Waals surface area contributed by atoms with Crippen LogP contribution in [0.15, 0.2) is 28.8 Å². The fraction of sp³-hybridized carbons (Fsp3) is 0.526. The predicted octanol–water partition coefficient (Wildman–Crippen LogP) is 3.06. The molecule has 2 aromatic rings. The summed E-state index contributed by atoms with van der Waals surface area (Å²) < 4.78 is 16.0. The molecule has 1 aromatic heterocycles. The Bertz CT molecular complexity index is 747. The Morgan fingerprint density at radius 2 is 1.85 bits per heavy atom. The minimum absolute atomic E-state index is 0.257. The molecule has 0 spiro atoms. The lowest BCUT2D eigenvalue weighted by Crippen LogP contribution is -2.42. The maximum atomic E-state index is 12.8. The van der Waals surface area contributed by atoms with Gasteiger partial charge in [-0.1, -0.05) is 38.1 Å². The molecule has 0 radical (unpaired) electrons. The Morgan fingerprint density at radius 1 is 1.15 bits per heavy atom. The summed E-state index contributed by atoms with van der Waals surface area (Å²) in [6.07, 6.45) is 0.